The number of nitrogens with one attached hydrogen (secondary N) is 1. The molecule has 1 saturated carbocycles. The van der Waals surface area contributed by atoms with Gasteiger partial charge < -0.3 is 5.32 Å². The number of aryl methyl sites for hydroxylation is 1. The Hall–Kier alpha value is -1.72. The molecule has 0 spiro atoms. The van der Waals surface area contributed by atoms with Crippen molar-refractivity contribution in [3.05, 3.63) is 45.7 Å². The number of hydrogen-bond donors (Lipinski definition) is 1. The summed E-state index contributed by atoms with van der Waals surface area (Å²) in [4.78, 5) is 20.0. The maximum absolute atomic E-state index is 13.6. The Bertz CT molecular complexity index is 778. The predicted octanol–water partition coefficient (Wildman–Crippen LogP) is 3.88. The number of amides is 1. The lowest BCUT2D eigenvalue weighted by Gasteiger charge is -2.09. The third-order valence-corrected chi connectivity index (χ3v) is 4.51. The molecule has 2 aromatic rings. The van der Waals surface area contributed by atoms with E-state index >= 15 is 0 Å². The molecule has 0 radical (unpaired) electrons. The highest BCUT2D eigenvalue weighted by Gasteiger charge is 2.50. The topological polar surface area (TPSA) is 54.9 Å². The monoisotopic (exact) mass is 353 g/mol. The molecule has 0 aliphatic heterocycles. The van der Waals surface area contributed by atoms with Crippen LogP contribution in [0.2, 0.25) is 10.2 Å². The second-order valence-corrected chi connectivity index (χ2v) is 6.39. The van der Waals surface area contributed by atoms with Crippen LogP contribution in [0.3, 0.4) is 0 Å². The number of carbonyl (C=O) groups is 1. The molecule has 1 aromatic carbocycles. The van der Waals surface area contributed by atoms with Crippen LogP contribution in [-0.4, -0.2) is 21.5 Å². The first-order valence-electron chi connectivity index (χ1n) is 7.14. The van der Waals surface area contributed by atoms with Crippen LogP contribution in [0.25, 0.3) is 11.4 Å². The van der Waals surface area contributed by atoms with Gasteiger partial charge in [0.1, 0.15) is 5.15 Å². The molecule has 0 unspecified atom stereocenters. The average Bonchev–Trinajstić information content (AvgIpc) is 3.27. The maximum Gasteiger partial charge on any atom is 0.257 e. The summed E-state index contributed by atoms with van der Waals surface area (Å²) >= 11 is 12.2. The van der Waals surface area contributed by atoms with Gasteiger partial charge in [-0.15, -0.1) is 0 Å². The van der Waals surface area contributed by atoms with Crippen LogP contribution < -0.4 is 5.32 Å². The van der Waals surface area contributed by atoms with Gasteiger partial charge in [-0.1, -0.05) is 35.3 Å². The van der Waals surface area contributed by atoms with E-state index in [2.05, 4.69) is 15.3 Å². The Morgan fingerprint density at radius 1 is 1.39 bits per heavy atom. The lowest BCUT2D eigenvalue weighted by Crippen LogP contribution is -2.33. The third kappa shape index (κ3) is 3.46. The summed E-state index contributed by atoms with van der Waals surface area (Å²) in [6.07, 6.45) is 2.07. The Labute approximate surface area is 143 Å². The minimum absolute atomic E-state index is 0.0955. The number of hydrogen-bond acceptors (Lipinski definition) is 3. The smallest absolute Gasteiger partial charge is 0.257 e. The summed E-state index contributed by atoms with van der Waals surface area (Å²) < 4.78 is 13.6. The SMILES string of the molecule is Cc1ccc(-c2ncc(CNC(=O)C3(F)CC3)c(Cl)n2)cc1Cl. The van der Waals surface area contributed by atoms with Crippen molar-refractivity contribution in [1.82, 2.24) is 15.3 Å². The van der Waals surface area contributed by atoms with Crippen LogP contribution >= 0.6 is 23.2 Å². The fourth-order valence-corrected chi connectivity index (χ4v) is 2.42. The normalized spacial score (nSPS) is 15.3. The van der Waals surface area contributed by atoms with Gasteiger partial charge in [0.15, 0.2) is 11.5 Å². The lowest BCUT2D eigenvalue weighted by molar-refractivity contribution is -0.127. The van der Waals surface area contributed by atoms with Gasteiger partial charge in [0.05, 0.1) is 0 Å². The zero-order chi connectivity index (χ0) is 16.6. The molecule has 1 aliphatic carbocycles. The highest BCUT2D eigenvalue weighted by atomic mass is 35.5. The number of benzene rings is 1. The zero-order valence-electron chi connectivity index (χ0n) is 12.4. The minimum Gasteiger partial charge on any atom is -0.349 e. The Kier molecular flexibility index (Phi) is 4.25. The van der Waals surface area contributed by atoms with Gasteiger partial charge in [-0.05, 0) is 31.4 Å². The van der Waals surface area contributed by atoms with Crippen molar-refractivity contribution in [3.63, 3.8) is 0 Å². The van der Waals surface area contributed by atoms with Crippen LogP contribution in [0.5, 0.6) is 0 Å². The molecule has 0 saturated heterocycles. The first-order valence-corrected chi connectivity index (χ1v) is 7.90. The summed E-state index contributed by atoms with van der Waals surface area (Å²) in [5.74, 6) is -0.168. The molecule has 120 valence electrons. The van der Waals surface area contributed by atoms with Crippen LogP contribution in [0.4, 0.5) is 4.39 Å². The third-order valence-electron chi connectivity index (χ3n) is 3.78. The molecule has 0 bridgehead atoms. The highest BCUT2D eigenvalue weighted by Crippen LogP contribution is 2.39. The average molecular weight is 354 g/mol. The maximum atomic E-state index is 13.6. The number of alkyl halides is 1. The molecule has 3 rings (SSSR count). The summed E-state index contributed by atoms with van der Waals surface area (Å²) in [5, 5.41) is 3.36. The fourth-order valence-electron chi connectivity index (χ4n) is 2.05. The molecule has 1 N–H and O–H groups in total. The number of rotatable bonds is 4. The van der Waals surface area contributed by atoms with Crippen molar-refractivity contribution < 1.29 is 9.18 Å². The Morgan fingerprint density at radius 3 is 2.74 bits per heavy atom. The summed E-state index contributed by atoms with van der Waals surface area (Å²) in [6.45, 7) is 2.00. The Morgan fingerprint density at radius 2 is 2.13 bits per heavy atom. The van der Waals surface area contributed by atoms with Crippen LogP contribution in [0.15, 0.2) is 24.4 Å². The van der Waals surface area contributed by atoms with E-state index in [4.69, 9.17) is 23.2 Å². The van der Waals surface area contributed by atoms with Crippen molar-refractivity contribution in [2.75, 3.05) is 0 Å². The molecular weight excluding hydrogens is 340 g/mol. The molecule has 0 atom stereocenters. The molecular formula is C16H14Cl2FN3O. The van der Waals surface area contributed by atoms with E-state index in [-0.39, 0.29) is 24.5 Å². The molecule has 4 nitrogen and oxygen atoms in total. The summed E-state index contributed by atoms with van der Waals surface area (Å²) in [5.41, 5.74) is 0.539. The van der Waals surface area contributed by atoms with E-state index in [0.29, 0.717) is 16.4 Å². The largest absolute Gasteiger partial charge is 0.349 e. The van der Waals surface area contributed by atoms with E-state index in [0.717, 1.165) is 11.1 Å². The quantitative estimate of drug-likeness (QED) is 0.848. The van der Waals surface area contributed by atoms with Gasteiger partial charge in [-0.25, -0.2) is 14.4 Å². The van der Waals surface area contributed by atoms with Crippen LogP contribution in [-0.2, 0) is 11.3 Å². The minimum atomic E-state index is -1.70. The molecule has 1 heterocycles. The van der Waals surface area contributed by atoms with Crippen LogP contribution in [0, 0.1) is 6.92 Å². The van der Waals surface area contributed by atoms with Gasteiger partial charge in [0.25, 0.3) is 5.91 Å². The molecule has 1 amide bonds. The van der Waals surface area contributed by atoms with Gasteiger partial charge in [-0.2, -0.15) is 0 Å². The first kappa shape index (κ1) is 16.1. The first-order chi connectivity index (χ1) is 10.9. The van der Waals surface area contributed by atoms with Gasteiger partial charge in [0, 0.05) is 28.9 Å². The summed E-state index contributed by atoms with van der Waals surface area (Å²) in [7, 11) is 0. The number of halogens is 3. The Balaban J connectivity index is 1.75. The number of nitrogens with zero attached hydrogens (tertiary/aromatic N) is 2. The van der Waals surface area contributed by atoms with Crippen molar-refractivity contribution in [1.29, 1.82) is 0 Å². The van der Waals surface area contributed by atoms with Gasteiger partial charge in [-0.3, -0.25) is 4.79 Å². The number of carbonyl (C=O) groups excluding carboxylic acids is 1. The van der Waals surface area contributed by atoms with E-state index < -0.39 is 11.6 Å². The molecule has 1 aromatic heterocycles. The van der Waals surface area contributed by atoms with E-state index in [9.17, 15) is 9.18 Å². The molecule has 7 heteroatoms. The predicted molar refractivity (Wildman–Crippen MR) is 87.1 cm³/mol. The molecule has 23 heavy (non-hydrogen) atoms. The molecule has 1 aliphatic rings. The standard InChI is InChI=1S/C16H14Cl2FN3O/c1-9-2-3-10(6-12(9)17)14-20-7-11(13(18)22-14)8-21-15(23)16(19)4-5-16/h2-3,6-7H,4-5,8H2,1H3,(H,21,23). The lowest BCUT2D eigenvalue weighted by atomic mass is 10.1. The van der Waals surface area contributed by atoms with Crippen molar-refractivity contribution in [3.8, 4) is 11.4 Å². The van der Waals surface area contributed by atoms with Crippen molar-refractivity contribution >= 4 is 29.1 Å². The van der Waals surface area contributed by atoms with Crippen molar-refractivity contribution in [2.45, 2.75) is 32.0 Å². The zero-order valence-corrected chi connectivity index (χ0v) is 13.9. The number of aromatic nitrogens is 2. The van der Waals surface area contributed by atoms with Gasteiger partial charge >= 0.3 is 0 Å². The van der Waals surface area contributed by atoms with E-state index in [1.807, 2.05) is 19.1 Å². The van der Waals surface area contributed by atoms with E-state index in [1.165, 1.54) is 6.20 Å². The van der Waals surface area contributed by atoms with Crippen LogP contribution in [0.1, 0.15) is 24.0 Å². The highest BCUT2D eigenvalue weighted by molar-refractivity contribution is 6.31. The second-order valence-electron chi connectivity index (χ2n) is 5.62. The fraction of sp³-hybridized carbons (Fsp3) is 0.312. The summed E-state index contributed by atoms with van der Waals surface area (Å²) in [6, 6.07) is 5.50. The second kappa shape index (κ2) is 6.06. The van der Waals surface area contributed by atoms with Gasteiger partial charge in [0.2, 0.25) is 0 Å². The van der Waals surface area contributed by atoms with E-state index in [1.54, 1.807) is 6.07 Å². The molecule has 1 fully saturated rings. The van der Waals surface area contributed by atoms with Crippen molar-refractivity contribution in [2.24, 2.45) is 0 Å².